The van der Waals surface area contributed by atoms with Gasteiger partial charge in [0.15, 0.2) is 0 Å². The number of fused-ring (bicyclic) bond motifs is 2. The first-order valence-electron chi connectivity index (χ1n) is 11.6. The molecule has 0 spiro atoms. The van der Waals surface area contributed by atoms with E-state index >= 15 is 0 Å². The lowest BCUT2D eigenvalue weighted by molar-refractivity contribution is 0.942. The number of allylic oxidation sites excluding steroid dienone is 2. The summed E-state index contributed by atoms with van der Waals surface area (Å²) in [6, 6.07) is 18.8. The van der Waals surface area contributed by atoms with Crippen molar-refractivity contribution >= 4 is 11.1 Å². The maximum Gasteiger partial charge on any atom is -0.00765 e. The molecule has 0 N–H and O–H groups in total. The van der Waals surface area contributed by atoms with Crippen LogP contribution in [0.1, 0.15) is 63.8 Å². The van der Waals surface area contributed by atoms with Crippen molar-refractivity contribution in [2.24, 2.45) is 0 Å². The van der Waals surface area contributed by atoms with Crippen molar-refractivity contribution in [3.8, 4) is 22.3 Å². The van der Waals surface area contributed by atoms with E-state index in [0.717, 1.165) is 0 Å². The molecule has 0 bridgehead atoms. The molecule has 0 aromatic carbocycles. The zero-order chi connectivity index (χ0) is 21.9. The maximum atomic E-state index is 2.38. The molecule has 0 saturated heterocycles. The van der Waals surface area contributed by atoms with E-state index in [9.17, 15) is 0 Å². The first-order valence-corrected chi connectivity index (χ1v) is 11.6. The minimum Gasteiger partial charge on any atom is -0.0558 e. The van der Waals surface area contributed by atoms with Crippen LogP contribution in [-0.4, -0.2) is 0 Å². The molecule has 0 heteroatoms. The Kier molecular flexibility index (Phi) is 4.77. The Balaban J connectivity index is 1.77. The molecule has 0 radical (unpaired) electrons. The molecule has 5 aliphatic carbocycles. The molecule has 0 saturated carbocycles. The summed E-state index contributed by atoms with van der Waals surface area (Å²) < 4.78 is 0. The van der Waals surface area contributed by atoms with E-state index in [4.69, 9.17) is 0 Å². The van der Waals surface area contributed by atoms with Gasteiger partial charge < -0.3 is 0 Å². The second-order valence-corrected chi connectivity index (χ2v) is 9.68. The van der Waals surface area contributed by atoms with E-state index < -0.39 is 0 Å². The Morgan fingerprint density at radius 2 is 0.806 bits per heavy atom. The summed E-state index contributed by atoms with van der Waals surface area (Å²) in [6.07, 6.45) is 3.59. The summed E-state index contributed by atoms with van der Waals surface area (Å²) in [4.78, 5) is 0. The van der Waals surface area contributed by atoms with Crippen molar-refractivity contribution < 1.29 is 0 Å². The lowest BCUT2D eigenvalue weighted by Gasteiger charge is -2.13. The Morgan fingerprint density at radius 3 is 1.23 bits per heavy atom. The van der Waals surface area contributed by atoms with Crippen LogP contribution in [-0.2, 0) is 0 Å². The summed E-state index contributed by atoms with van der Waals surface area (Å²) in [6.45, 7) is 13.5. The third-order valence-electron chi connectivity index (χ3n) is 7.19. The fourth-order valence-electron chi connectivity index (χ4n) is 6.05. The van der Waals surface area contributed by atoms with Gasteiger partial charge in [-0.1, -0.05) is 59.7 Å². The molecule has 0 atom stereocenters. The highest BCUT2D eigenvalue weighted by Crippen LogP contribution is 2.49. The van der Waals surface area contributed by atoms with Crippen molar-refractivity contribution in [3.05, 3.63) is 93.0 Å². The number of rotatable bonds is 2. The minimum atomic E-state index is 1.17. The second kappa shape index (κ2) is 7.38. The zero-order valence-corrected chi connectivity index (χ0v) is 19.7. The monoisotopic (exact) mass is 404 g/mol. The molecule has 156 valence electrons. The van der Waals surface area contributed by atoms with Gasteiger partial charge in [-0.05, 0) is 128 Å². The third-order valence-corrected chi connectivity index (χ3v) is 7.19. The molecule has 5 aliphatic rings. The van der Waals surface area contributed by atoms with Gasteiger partial charge in [0.05, 0.1) is 0 Å². The lowest BCUT2D eigenvalue weighted by Crippen LogP contribution is -1.90. The molecule has 0 unspecified atom stereocenters. The molecule has 31 heavy (non-hydrogen) atoms. The third kappa shape index (κ3) is 3.21. The smallest absolute Gasteiger partial charge is 0.00765 e. The Hall–Kier alpha value is -2.86. The van der Waals surface area contributed by atoms with E-state index in [1.807, 2.05) is 0 Å². The van der Waals surface area contributed by atoms with Crippen LogP contribution < -0.4 is 0 Å². The summed E-state index contributed by atoms with van der Waals surface area (Å²) in [5.41, 5.74) is 20.0. The van der Waals surface area contributed by atoms with Gasteiger partial charge >= 0.3 is 0 Å². The first-order chi connectivity index (χ1) is 14.8. The van der Waals surface area contributed by atoms with E-state index in [2.05, 4.69) is 90.1 Å². The molecule has 0 nitrogen and oxygen atoms in total. The SMILES string of the molecule is Cc1cc(C)c2ccc(C3=C(c4ccc5c(C)cc(C)cc(C)c4-5)CCC3)c-2c(C)c1. The molecular formula is C31H32. The lowest BCUT2D eigenvalue weighted by atomic mass is 9.91. The fraction of sp³-hybridized carbons (Fsp3) is 0.290. The Bertz CT molecular complexity index is 1200. The van der Waals surface area contributed by atoms with Crippen LogP contribution in [0, 0.1) is 41.5 Å². The zero-order valence-electron chi connectivity index (χ0n) is 19.7. The quantitative estimate of drug-likeness (QED) is 0.313. The molecular weight excluding hydrogens is 372 g/mol. The molecule has 0 amide bonds. The van der Waals surface area contributed by atoms with Gasteiger partial charge in [-0.3, -0.25) is 0 Å². The van der Waals surface area contributed by atoms with E-state index in [1.54, 1.807) is 11.1 Å². The fourth-order valence-corrected chi connectivity index (χ4v) is 6.05. The van der Waals surface area contributed by atoms with E-state index in [0.29, 0.717) is 0 Å². The van der Waals surface area contributed by atoms with Crippen molar-refractivity contribution in [2.75, 3.05) is 0 Å². The van der Waals surface area contributed by atoms with Gasteiger partial charge in [-0.15, -0.1) is 0 Å². The van der Waals surface area contributed by atoms with Gasteiger partial charge in [0, 0.05) is 0 Å². The van der Waals surface area contributed by atoms with Gasteiger partial charge in [0.2, 0.25) is 0 Å². The van der Waals surface area contributed by atoms with E-state index in [-0.39, 0.29) is 0 Å². The van der Waals surface area contributed by atoms with Crippen molar-refractivity contribution in [1.29, 1.82) is 0 Å². The Labute approximate surface area is 187 Å². The standard InChI is InChI=1S/C31H32/c1-18-14-20(3)24-10-12-28(30(24)22(5)16-18)26-8-7-9-27(26)29-13-11-25-21(4)15-19(2)17-23(6)31(25)29/h10-17H,7-9H2,1-6H3. The van der Waals surface area contributed by atoms with Crippen molar-refractivity contribution in [2.45, 2.75) is 60.8 Å². The van der Waals surface area contributed by atoms with Crippen LogP contribution in [0.3, 0.4) is 0 Å². The molecule has 0 aliphatic heterocycles. The molecule has 0 fully saturated rings. The van der Waals surface area contributed by atoms with Crippen LogP contribution in [0.15, 0.2) is 48.5 Å². The molecule has 0 aromatic rings. The summed E-state index contributed by atoms with van der Waals surface area (Å²) in [5.74, 6) is 0. The summed E-state index contributed by atoms with van der Waals surface area (Å²) in [7, 11) is 0. The predicted octanol–water partition coefficient (Wildman–Crippen LogP) is 8.84. The van der Waals surface area contributed by atoms with Gasteiger partial charge in [0.1, 0.15) is 0 Å². The number of hydrogen-bond donors (Lipinski definition) is 0. The Morgan fingerprint density at radius 1 is 0.452 bits per heavy atom. The highest BCUT2D eigenvalue weighted by molar-refractivity contribution is 6.03. The normalized spacial score (nSPS) is 14.3. The largest absolute Gasteiger partial charge is 0.0558 e. The predicted molar refractivity (Wildman–Crippen MR) is 135 cm³/mol. The first kappa shape index (κ1) is 20.1. The van der Waals surface area contributed by atoms with Gasteiger partial charge in [-0.25, -0.2) is 0 Å². The van der Waals surface area contributed by atoms with Gasteiger partial charge in [-0.2, -0.15) is 0 Å². The molecule has 5 rings (SSSR count). The average Bonchev–Trinajstić information content (AvgIpc) is 3.40. The topological polar surface area (TPSA) is 0 Å². The number of aryl methyl sites for hydroxylation is 6. The van der Waals surface area contributed by atoms with Crippen LogP contribution in [0.4, 0.5) is 0 Å². The van der Waals surface area contributed by atoms with Crippen molar-refractivity contribution in [3.63, 3.8) is 0 Å². The summed E-state index contributed by atoms with van der Waals surface area (Å²) in [5, 5.41) is 0. The highest BCUT2D eigenvalue weighted by atomic mass is 14.3. The van der Waals surface area contributed by atoms with Crippen LogP contribution in [0.5, 0.6) is 0 Å². The number of hydrogen-bond acceptors (Lipinski definition) is 0. The van der Waals surface area contributed by atoms with Crippen LogP contribution in [0.2, 0.25) is 0 Å². The average molecular weight is 405 g/mol. The molecule has 0 heterocycles. The van der Waals surface area contributed by atoms with Crippen LogP contribution in [0.25, 0.3) is 33.4 Å². The highest BCUT2D eigenvalue weighted by Gasteiger charge is 2.26. The molecule has 0 aromatic heterocycles. The second-order valence-electron chi connectivity index (χ2n) is 9.68. The maximum absolute atomic E-state index is 2.38. The van der Waals surface area contributed by atoms with E-state index in [1.165, 1.54) is 86.0 Å². The van der Waals surface area contributed by atoms with Gasteiger partial charge in [0.25, 0.3) is 0 Å². The van der Waals surface area contributed by atoms with Crippen molar-refractivity contribution in [1.82, 2.24) is 0 Å². The summed E-state index contributed by atoms with van der Waals surface area (Å²) >= 11 is 0. The minimum absolute atomic E-state index is 1.17. The van der Waals surface area contributed by atoms with Crippen LogP contribution >= 0.6 is 0 Å².